The molecule has 2 unspecified atom stereocenters. The van der Waals surface area contributed by atoms with E-state index in [0.29, 0.717) is 17.9 Å². The molecular weight excluding hydrogens is 162 g/mol. The third-order valence-electron chi connectivity index (χ3n) is 2.57. The average Bonchev–Trinajstić information content (AvgIpc) is 2.10. The molecule has 13 heavy (non-hydrogen) atoms. The Balaban J connectivity index is 4.11. The highest BCUT2D eigenvalue weighted by Crippen LogP contribution is 2.16. The summed E-state index contributed by atoms with van der Waals surface area (Å²) in [4.78, 5) is 0. The van der Waals surface area contributed by atoms with Gasteiger partial charge in [-0.25, -0.2) is 0 Å². The van der Waals surface area contributed by atoms with Gasteiger partial charge in [0.1, 0.15) is 0 Å². The molecule has 1 N–H and O–H groups in total. The molecular formula is C11H25NO. The molecule has 0 spiro atoms. The van der Waals surface area contributed by atoms with Gasteiger partial charge in [-0.05, 0) is 24.8 Å². The predicted molar refractivity (Wildman–Crippen MR) is 58.0 cm³/mol. The first kappa shape index (κ1) is 12.9. The standard InChI is InChI=1S/C11H25NO/c1-6-10(8-13-5)11(9(3)4)12-7-2/h9-12H,6-8H2,1-5H3. The summed E-state index contributed by atoms with van der Waals surface area (Å²) >= 11 is 0. The molecule has 80 valence electrons. The highest BCUT2D eigenvalue weighted by Gasteiger charge is 2.21. The van der Waals surface area contributed by atoms with Crippen LogP contribution in [0.4, 0.5) is 0 Å². The zero-order valence-electron chi connectivity index (χ0n) is 9.76. The molecule has 0 aliphatic carbocycles. The van der Waals surface area contributed by atoms with Crippen LogP contribution < -0.4 is 5.32 Å². The van der Waals surface area contributed by atoms with E-state index in [2.05, 4.69) is 33.0 Å². The maximum absolute atomic E-state index is 5.23. The molecule has 0 radical (unpaired) electrons. The molecule has 0 aromatic heterocycles. The van der Waals surface area contributed by atoms with Crippen molar-refractivity contribution in [2.24, 2.45) is 11.8 Å². The van der Waals surface area contributed by atoms with Crippen molar-refractivity contribution >= 4 is 0 Å². The van der Waals surface area contributed by atoms with Gasteiger partial charge in [0.25, 0.3) is 0 Å². The van der Waals surface area contributed by atoms with E-state index >= 15 is 0 Å². The third kappa shape index (κ3) is 4.63. The summed E-state index contributed by atoms with van der Waals surface area (Å²) in [7, 11) is 1.78. The van der Waals surface area contributed by atoms with E-state index in [9.17, 15) is 0 Å². The fourth-order valence-corrected chi connectivity index (χ4v) is 1.87. The fourth-order valence-electron chi connectivity index (χ4n) is 1.87. The van der Waals surface area contributed by atoms with E-state index in [0.717, 1.165) is 13.2 Å². The first-order chi connectivity index (χ1) is 6.17. The van der Waals surface area contributed by atoms with Crippen LogP contribution in [0.2, 0.25) is 0 Å². The van der Waals surface area contributed by atoms with Crippen molar-refractivity contribution in [3.63, 3.8) is 0 Å². The van der Waals surface area contributed by atoms with Crippen LogP contribution in [0, 0.1) is 11.8 Å². The molecule has 0 aromatic rings. The average molecular weight is 187 g/mol. The van der Waals surface area contributed by atoms with Crippen molar-refractivity contribution in [1.29, 1.82) is 0 Å². The van der Waals surface area contributed by atoms with Crippen LogP contribution in [0.25, 0.3) is 0 Å². The molecule has 2 nitrogen and oxygen atoms in total. The number of nitrogens with one attached hydrogen (secondary N) is 1. The van der Waals surface area contributed by atoms with Gasteiger partial charge >= 0.3 is 0 Å². The van der Waals surface area contributed by atoms with E-state index in [4.69, 9.17) is 4.74 Å². The van der Waals surface area contributed by atoms with Crippen LogP contribution in [0.5, 0.6) is 0 Å². The normalized spacial score (nSPS) is 16.2. The van der Waals surface area contributed by atoms with E-state index in [1.165, 1.54) is 6.42 Å². The quantitative estimate of drug-likeness (QED) is 0.660. The van der Waals surface area contributed by atoms with Gasteiger partial charge in [0.05, 0.1) is 6.61 Å². The van der Waals surface area contributed by atoms with E-state index in [1.54, 1.807) is 7.11 Å². The van der Waals surface area contributed by atoms with Crippen molar-refractivity contribution < 1.29 is 4.74 Å². The second-order valence-electron chi connectivity index (χ2n) is 3.95. The Kier molecular flexibility index (Phi) is 7.29. The van der Waals surface area contributed by atoms with Crippen molar-refractivity contribution in [2.45, 2.75) is 40.2 Å². The minimum absolute atomic E-state index is 0.593. The van der Waals surface area contributed by atoms with Gasteiger partial charge in [-0.15, -0.1) is 0 Å². The number of methoxy groups -OCH3 is 1. The highest BCUT2D eigenvalue weighted by atomic mass is 16.5. The summed E-state index contributed by atoms with van der Waals surface area (Å²) < 4.78 is 5.23. The van der Waals surface area contributed by atoms with Gasteiger partial charge in [0, 0.05) is 13.2 Å². The predicted octanol–water partition coefficient (Wildman–Crippen LogP) is 2.29. The highest BCUT2D eigenvalue weighted by molar-refractivity contribution is 4.77. The van der Waals surface area contributed by atoms with E-state index in [1.807, 2.05) is 0 Å². The van der Waals surface area contributed by atoms with Gasteiger partial charge in [-0.2, -0.15) is 0 Å². The Morgan fingerprint density at radius 2 is 1.85 bits per heavy atom. The summed E-state index contributed by atoms with van der Waals surface area (Å²) in [5, 5.41) is 3.54. The molecule has 0 aromatic carbocycles. The molecule has 0 fully saturated rings. The Labute approximate surface area is 83.1 Å². The molecule has 2 atom stereocenters. The lowest BCUT2D eigenvalue weighted by molar-refractivity contribution is 0.115. The van der Waals surface area contributed by atoms with Crippen LogP contribution in [0.15, 0.2) is 0 Å². The molecule has 0 saturated carbocycles. The number of hydrogen-bond acceptors (Lipinski definition) is 2. The maximum atomic E-state index is 5.23. The second-order valence-corrected chi connectivity index (χ2v) is 3.95. The monoisotopic (exact) mass is 187 g/mol. The second kappa shape index (κ2) is 7.34. The van der Waals surface area contributed by atoms with Gasteiger partial charge < -0.3 is 10.1 Å². The van der Waals surface area contributed by atoms with Crippen LogP contribution in [0.3, 0.4) is 0 Å². The number of ether oxygens (including phenoxy) is 1. The lowest BCUT2D eigenvalue weighted by Gasteiger charge is -2.29. The molecule has 0 heterocycles. The van der Waals surface area contributed by atoms with Gasteiger partial charge in [0.2, 0.25) is 0 Å². The maximum Gasteiger partial charge on any atom is 0.0505 e. The molecule has 0 amide bonds. The Morgan fingerprint density at radius 3 is 2.15 bits per heavy atom. The Bertz CT molecular complexity index is 115. The van der Waals surface area contributed by atoms with Crippen LogP contribution in [0.1, 0.15) is 34.1 Å². The number of hydrogen-bond donors (Lipinski definition) is 1. The summed E-state index contributed by atoms with van der Waals surface area (Å²) in [6.45, 7) is 10.8. The van der Waals surface area contributed by atoms with Crippen molar-refractivity contribution in [3.8, 4) is 0 Å². The lowest BCUT2D eigenvalue weighted by atomic mass is 9.89. The number of rotatable bonds is 7. The molecule has 0 rings (SSSR count). The summed E-state index contributed by atoms with van der Waals surface area (Å²) in [5.74, 6) is 1.32. The van der Waals surface area contributed by atoms with Gasteiger partial charge in [0.15, 0.2) is 0 Å². The van der Waals surface area contributed by atoms with Crippen LogP contribution in [-0.2, 0) is 4.74 Å². The van der Waals surface area contributed by atoms with Crippen molar-refractivity contribution in [3.05, 3.63) is 0 Å². The molecule has 0 saturated heterocycles. The zero-order chi connectivity index (χ0) is 10.3. The minimum Gasteiger partial charge on any atom is -0.384 e. The first-order valence-corrected chi connectivity index (χ1v) is 5.39. The minimum atomic E-state index is 0.593. The summed E-state index contributed by atoms with van der Waals surface area (Å²) in [6, 6.07) is 0.593. The van der Waals surface area contributed by atoms with Crippen molar-refractivity contribution in [2.75, 3.05) is 20.3 Å². The van der Waals surface area contributed by atoms with Gasteiger partial charge in [-0.3, -0.25) is 0 Å². The fraction of sp³-hybridized carbons (Fsp3) is 1.00. The summed E-state index contributed by atoms with van der Waals surface area (Å²) in [5.41, 5.74) is 0. The SMILES string of the molecule is CCNC(C(C)C)C(CC)COC. The van der Waals surface area contributed by atoms with Crippen LogP contribution >= 0.6 is 0 Å². The van der Waals surface area contributed by atoms with E-state index in [-0.39, 0.29) is 0 Å². The Hall–Kier alpha value is -0.0800. The topological polar surface area (TPSA) is 21.3 Å². The molecule has 0 aliphatic rings. The molecule has 2 heteroatoms. The zero-order valence-corrected chi connectivity index (χ0v) is 9.76. The van der Waals surface area contributed by atoms with E-state index < -0.39 is 0 Å². The lowest BCUT2D eigenvalue weighted by Crippen LogP contribution is -2.41. The third-order valence-corrected chi connectivity index (χ3v) is 2.57. The first-order valence-electron chi connectivity index (χ1n) is 5.39. The van der Waals surface area contributed by atoms with Crippen LogP contribution in [-0.4, -0.2) is 26.3 Å². The largest absolute Gasteiger partial charge is 0.384 e. The molecule has 0 aliphatic heterocycles. The smallest absolute Gasteiger partial charge is 0.0505 e. The van der Waals surface area contributed by atoms with Crippen molar-refractivity contribution in [1.82, 2.24) is 5.32 Å². The Morgan fingerprint density at radius 1 is 1.23 bits per heavy atom. The molecule has 0 bridgehead atoms. The summed E-state index contributed by atoms with van der Waals surface area (Å²) in [6.07, 6.45) is 1.18. The van der Waals surface area contributed by atoms with Gasteiger partial charge in [-0.1, -0.05) is 27.7 Å².